The van der Waals surface area contributed by atoms with E-state index in [-0.39, 0.29) is 12.0 Å². The molecule has 2 aromatic carbocycles. The summed E-state index contributed by atoms with van der Waals surface area (Å²) in [5.74, 6) is 0.339. The number of fused-ring (bicyclic) bond motifs is 1. The highest BCUT2D eigenvalue weighted by Gasteiger charge is 2.21. The van der Waals surface area contributed by atoms with Crippen molar-refractivity contribution in [2.45, 2.75) is 32.8 Å². The van der Waals surface area contributed by atoms with Gasteiger partial charge in [-0.1, -0.05) is 41.6 Å². The third kappa shape index (κ3) is 4.45. The summed E-state index contributed by atoms with van der Waals surface area (Å²) in [7, 11) is 0. The van der Waals surface area contributed by atoms with Crippen molar-refractivity contribution in [1.82, 2.24) is 10.1 Å². The number of hydrogen-bond donors (Lipinski definition) is 1. The third-order valence-electron chi connectivity index (χ3n) is 5.77. The highest BCUT2D eigenvalue weighted by molar-refractivity contribution is 6.13. The van der Waals surface area contributed by atoms with Gasteiger partial charge in [-0.25, -0.2) is 4.98 Å². The van der Waals surface area contributed by atoms with Gasteiger partial charge in [-0.15, -0.1) is 0 Å². The lowest BCUT2D eigenvalue weighted by Crippen LogP contribution is -2.18. The smallest absolute Gasteiger partial charge is 0.259 e. The maximum absolute atomic E-state index is 13.5. The van der Waals surface area contributed by atoms with Gasteiger partial charge in [-0.2, -0.15) is 0 Å². The number of nitrogens with one attached hydrogen (secondary N) is 1. The lowest BCUT2D eigenvalue weighted by Gasteiger charge is -2.16. The zero-order valence-electron chi connectivity index (χ0n) is 18.6. The Bertz CT molecular complexity index is 1290. The van der Waals surface area contributed by atoms with E-state index < -0.39 is 0 Å². The second-order valence-electron chi connectivity index (χ2n) is 8.27. The molecular formula is C26H25N3O4. The van der Waals surface area contributed by atoms with Gasteiger partial charge in [0.15, 0.2) is 0 Å². The SMILES string of the molecule is Cc1ccc(NC(=O)c2cc(-c3ccccc3)nc3onc(C)c23)c(OCC2CCCO2)c1. The van der Waals surface area contributed by atoms with Crippen LogP contribution in [0.2, 0.25) is 0 Å². The average Bonchev–Trinajstić information content (AvgIpc) is 3.49. The number of amides is 1. The fourth-order valence-electron chi connectivity index (χ4n) is 4.03. The number of pyridine rings is 1. The summed E-state index contributed by atoms with van der Waals surface area (Å²) >= 11 is 0. The molecule has 2 aromatic heterocycles. The fourth-order valence-corrected chi connectivity index (χ4v) is 4.03. The van der Waals surface area contributed by atoms with Gasteiger partial charge in [0.1, 0.15) is 12.4 Å². The highest BCUT2D eigenvalue weighted by Crippen LogP contribution is 2.30. The molecule has 3 heterocycles. The zero-order chi connectivity index (χ0) is 22.8. The van der Waals surface area contributed by atoms with E-state index in [4.69, 9.17) is 14.0 Å². The second kappa shape index (κ2) is 9.03. The number of rotatable bonds is 6. The van der Waals surface area contributed by atoms with E-state index in [1.165, 1.54) is 0 Å². The summed E-state index contributed by atoms with van der Waals surface area (Å²) in [6.45, 7) is 5.01. The van der Waals surface area contributed by atoms with Crippen LogP contribution in [0.4, 0.5) is 5.69 Å². The van der Waals surface area contributed by atoms with Crippen LogP contribution in [0.25, 0.3) is 22.4 Å². The van der Waals surface area contributed by atoms with Crippen molar-refractivity contribution in [3.05, 3.63) is 71.4 Å². The normalized spacial score (nSPS) is 15.6. The van der Waals surface area contributed by atoms with Gasteiger partial charge >= 0.3 is 0 Å². The van der Waals surface area contributed by atoms with Crippen molar-refractivity contribution in [1.29, 1.82) is 0 Å². The van der Waals surface area contributed by atoms with Crippen LogP contribution < -0.4 is 10.1 Å². The first-order valence-corrected chi connectivity index (χ1v) is 11.1. The minimum Gasteiger partial charge on any atom is -0.489 e. The number of aryl methyl sites for hydroxylation is 2. The standard InChI is InChI=1S/C26H25N3O4/c1-16-10-11-21(23(13-16)32-15-19-9-6-12-31-19)27-25(30)20-14-22(18-7-4-3-5-8-18)28-26-24(20)17(2)29-33-26/h3-5,7-8,10-11,13-14,19H,6,9,12,15H2,1-2H3,(H,27,30). The minimum atomic E-state index is -0.281. The molecule has 0 aliphatic carbocycles. The van der Waals surface area contributed by atoms with E-state index in [0.717, 1.165) is 30.6 Å². The molecule has 1 N–H and O–H groups in total. The number of anilines is 1. The van der Waals surface area contributed by atoms with Gasteiger partial charge in [0.05, 0.1) is 34.1 Å². The number of nitrogens with zero attached hydrogens (tertiary/aromatic N) is 2. The van der Waals surface area contributed by atoms with Crippen molar-refractivity contribution in [3.63, 3.8) is 0 Å². The van der Waals surface area contributed by atoms with Crippen molar-refractivity contribution in [2.24, 2.45) is 0 Å². The molecule has 4 aromatic rings. The summed E-state index contributed by atoms with van der Waals surface area (Å²) in [6, 6.07) is 17.2. The zero-order valence-corrected chi connectivity index (χ0v) is 18.6. The molecule has 1 saturated heterocycles. The first-order chi connectivity index (χ1) is 16.1. The first kappa shape index (κ1) is 21.2. The number of aromatic nitrogens is 2. The summed E-state index contributed by atoms with van der Waals surface area (Å²) < 4.78 is 17.1. The molecule has 33 heavy (non-hydrogen) atoms. The molecule has 7 nitrogen and oxygen atoms in total. The molecule has 0 saturated carbocycles. The van der Waals surface area contributed by atoms with Crippen LogP contribution in [0.3, 0.4) is 0 Å². The maximum atomic E-state index is 13.5. The Morgan fingerprint density at radius 2 is 2.00 bits per heavy atom. The monoisotopic (exact) mass is 443 g/mol. The average molecular weight is 444 g/mol. The van der Waals surface area contributed by atoms with Crippen LogP contribution in [-0.4, -0.2) is 35.4 Å². The van der Waals surface area contributed by atoms with E-state index in [2.05, 4.69) is 15.5 Å². The minimum absolute atomic E-state index is 0.0852. The van der Waals surface area contributed by atoms with E-state index in [0.29, 0.717) is 46.1 Å². The van der Waals surface area contributed by atoms with Crippen molar-refractivity contribution in [3.8, 4) is 17.0 Å². The summed E-state index contributed by atoms with van der Waals surface area (Å²) in [4.78, 5) is 18.0. The largest absolute Gasteiger partial charge is 0.489 e. The van der Waals surface area contributed by atoms with Gasteiger partial charge in [-0.05, 0) is 50.5 Å². The van der Waals surface area contributed by atoms with Crippen LogP contribution in [0.1, 0.15) is 34.5 Å². The molecule has 1 fully saturated rings. The van der Waals surface area contributed by atoms with Crippen molar-refractivity contribution >= 4 is 22.7 Å². The molecule has 7 heteroatoms. The first-order valence-electron chi connectivity index (χ1n) is 11.1. The number of carbonyl (C=O) groups excluding carboxylic acids is 1. The predicted molar refractivity (Wildman–Crippen MR) is 126 cm³/mol. The molecule has 1 amide bonds. The molecule has 0 radical (unpaired) electrons. The van der Waals surface area contributed by atoms with E-state index in [9.17, 15) is 4.79 Å². The van der Waals surface area contributed by atoms with Crippen LogP contribution in [0.15, 0.2) is 59.1 Å². The van der Waals surface area contributed by atoms with E-state index in [1.54, 1.807) is 13.0 Å². The summed E-state index contributed by atoms with van der Waals surface area (Å²) in [5, 5.41) is 7.64. The molecule has 1 aliphatic heterocycles. The van der Waals surface area contributed by atoms with E-state index in [1.807, 2.05) is 55.5 Å². The van der Waals surface area contributed by atoms with Crippen molar-refractivity contribution < 1.29 is 18.8 Å². The highest BCUT2D eigenvalue weighted by atomic mass is 16.5. The van der Waals surface area contributed by atoms with Gasteiger partial charge in [0.25, 0.3) is 11.6 Å². The Kier molecular flexibility index (Phi) is 5.79. The number of carbonyl (C=O) groups is 1. The maximum Gasteiger partial charge on any atom is 0.259 e. The molecule has 1 aliphatic rings. The Morgan fingerprint density at radius 3 is 2.79 bits per heavy atom. The van der Waals surface area contributed by atoms with Crippen molar-refractivity contribution in [2.75, 3.05) is 18.5 Å². The lowest BCUT2D eigenvalue weighted by atomic mass is 10.0. The van der Waals surface area contributed by atoms with Crippen LogP contribution in [-0.2, 0) is 4.74 Å². The quantitative estimate of drug-likeness (QED) is 0.434. The molecule has 0 spiro atoms. The number of benzene rings is 2. The second-order valence-corrected chi connectivity index (χ2v) is 8.27. The van der Waals surface area contributed by atoms with Gasteiger partial charge in [0, 0.05) is 12.2 Å². The summed E-state index contributed by atoms with van der Waals surface area (Å²) in [5.41, 5.74) is 4.57. The molecule has 5 rings (SSSR count). The third-order valence-corrected chi connectivity index (χ3v) is 5.77. The predicted octanol–water partition coefficient (Wildman–Crippen LogP) is 5.32. The van der Waals surface area contributed by atoms with Crippen LogP contribution in [0.5, 0.6) is 5.75 Å². The Balaban J connectivity index is 1.47. The summed E-state index contributed by atoms with van der Waals surface area (Å²) in [6.07, 6.45) is 2.12. The van der Waals surface area contributed by atoms with Gasteiger partial charge < -0.3 is 19.3 Å². The molecular weight excluding hydrogens is 418 g/mol. The fraction of sp³-hybridized carbons (Fsp3) is 0.269. The van der Waals surface area contributed by atoms with Gasteiger partial charge in [0.2, 0.25) is 0 Å². The van der Waals surface area contributed by atoms with Gasteiger partial charge in [-0.3, -0.25) is 4.79 Å². The molecule has 0 bridgehead atoms. The Labute approximate surface area is 191 Å². The Morgan fingerprint density at radius 1 is 1.15 bits per heavy atom. The van der Waals surface area contributed by atoms with E-state index >= 15 is 0 Å². The molecule has 168 valence electrons. The topological polar surface area (TPSA) is 86.5 Å². The van der Waals surface area contributed by atoms with Crippen LogP contribution in [0, 0.1) is 13.8 Å². The number of ether oxygens (including phenoxy) is 2. The molecule has 1 atom stereocenters. The van der Waals surface area contributed by atoms with Crippen LogP contribution >= 0.6 is 0 Å². The number of hydrogen-bond acceptors (Lipinski definition) is 6. The molecule has 1 unspecified atom stereocenters. The Hall–Kier alpha value is -3.71. The lowest BCUT2D eigenvalue weighted by molar-refractivity contribution is 0.0681.